The summed E-state index contributed by atoms with van der Waals surface area (Å²) in [7, 11) is 0. The highest BCUT2D eigenvalue weighted by Crippen LogP contribution is 2.30. The zero-order valence-corrected chi connectivity index (χ0v) is 13.6. The Morgan fingerprint density at radius 3 is 2.36 bits per heavy atom. The van der Waals surface area contributed by atoms with Crippen molar-refractivity contribution < 1.29 is 0 Å². The minimum Gasteiger partial charge on any atom is -0.327 e. The Morgan fingerprint density at radius 1 is 0.864 bits per heavy atom. The topological polar surface area (TPSA) is 26.0 Å². The van der Waals surface area contributed by atoms with Gasteiger partial charge in [0.2, 0.25) is 0 Å². The van der Waals surface area contributed by atoms with Gasteiger partial charge in [-0.15, -0.1) is 0 Å². The summed E-state index contributed by atoms with van der Waals surface area (Å²) in [6.45, 7) is 2.17. The van der Waals surface area contributed by atoms with Crippen molar-refractivity contribution >= 4 is 11.3 Å². The third kappa shape index (κ3) is 3.46. The van der Waals surface area contributed by atoms with Crippen LogP contribution >= 0.6 is 11.3 Å². The van der Waals surface area contributed by atoms with E-state index in [0.29, 0.717) is 0 Å². The summed E-state index contributed by atoms with van der Waals surface area (Å²) in [6.07, 6.45) is 1.84. The van der Waals surface area contributed by atoms with E-state index in [0.717, 1.165) is 12.8 Å². The summed E-state index contributed by atoms with van der Waals surface area (Å²) in [4.78, 5) is 0. The van der Waals surface area contributed by atoms with Gasteiger partial charge in [0.25, 0.3) is 0 Å². The Labute approximate surface area is 136 Å². The average Bonchev–Trinajstić information content (AvgIpc) is 2.96. The average molecular weight is 307 g/mol. The first-order chi connectivity index (χ1) is 10.7. The number of aryl methyl sites for hydroxylation is 1. The summed E-state index contributed by atoms with van der Waals surface area (Å²) in [5, 5.41) is 4.49. The third-order valence-corrected chi connectivity index (χ3v) is 4.79. The van der Waals surface area contributed by atoms with Gasteiger partial charge in [0.1, 0.15) is 0 Å². The minimum atomic E-state index is 0.153. The molecule has 1 nitrogen and oxygen atoms in total. The Kier molecular flexibility index (Phi) is 4.71. The van der Waals surface area contributed by atoms with Crippen molar-refractivity contribution in [2.24, 2.45) is 5.73 Å². The van der Waals surface area contributed by atoms with E-state index in [4.69, 9.17) is 5.73 Å². The molecule has 0 aliphatic carbocycles. The van der Waals surface area contributed by atoms with Crippen molar-refractivity contribution in [3.05, 3.63) is 82.0 Å². The first kappa shape index (κ1) is 15.0. The van der Waals surface area contributed by atoms with Crippen molar-refractivity contribution in [3.63, 3.8) is 0 Å². The fraction of sp³-hybridized carbons (Fsp3) is 0.200. The fourth-order valence-corrected chi connectivity index (χ4v) is 3.73. The van der Waals surface area contributed by atoms with Gasteiger partial charge in [-0.3, -0.25) is 0 Å². The van der Waals surface area contributed by atoms with Crippen molar-refractivity contribution in [3.8, 4) is 11.1 Å². The molecule has 0 aliphatic heterocycles. The number of thiophene rings is 1. The normalized spacial score (nSPS) is 12.3. The van der Waals surface area contributed by atoms with Crippen LogP contribution in [-0.2, 0) is 12.8 Å². The molecular formula is C20H21NS. The van der Waals surface area contributed by atoms with Gasteiger partial charge in [-0.1, -0.05) is 54.6 Å². The van der Waals surface area contributed by atoms with Crippen molar-refractivity contribution in [1.29, 1.82) is 0 Å². The summed E-state index contributed by atoms with van der Waals surface area (Å²) in [5.74, 6) is 0. The maximum Gasteiger partial charge on any atom is 0.0120 e. The molecule has 1 unspecified atom stereocenters. The maximum atomic E-state index is 6.39. The molecule has 0 fully saturated rings. The van der Waals surface area contributed by atoms with Crippen molar-refractivity contribution in [2.75, 3.05) is 0 Å². The van der Waals surface area contributed by atoms with Crippen LogP contribution in [0.3, 0.4) is 0 Å². The van der Waals surface area contributed by atoms with Crippen LogP contribution in [0.5, 0.6) is 0 Å². The number of rotatable bonds is 5. The van der Waals surface area contributed by atoms with Gasteiger partial charge >= 0.3 is 0 Å². The molecule has 0 radical (unpaired) electrons. The van der Waals surface area contributed by atoms with E-state index in [2.05, 4.69) is 66.2 Å². The first-order valence-corrected chi connectivity index (χ1v) is 8.59. The second-order valence-electron chi connectivity index (χ2n) is 5.78. The molecule has 1 atom stereocenters. The molecule has 0 saturated carbocycles. The molecule has 0 aliphatic rings. The summed E-state index contributed by atoms with van der Waals surface area (Å²) < 4.78 is 0. The second kappa shape index (κ2) is 6.91. The van der Waals surface area contributed by atoms with Gasteiger partial charge in [0.05, 0.1) is 0 Å². The van der Waals surface area contributed by atoms with Crippen LogP contribution < -0.4 is 5.73 Å². The van der Waals surface area contributed by atoms with E-state index >= 15 is 0 Å². The molecule has 3 aromatic rings. The molecule has 112 valence electrons. The van der Waals surface area contributed by atoms with Crippen molar-refractivity contribution in [1.82, 2.24) is 0 Å². The molecule has 0 bridgehead atoms. The predicted molar refractivity (Wildman–Crippen MR) is 96.3 cm³/mol. The van der Waals surface area contributed by atoms with Crippen LogP contribution in [0.1, 0.15) is 16.7 Å². The van der Waals surface area contributed by atoms with Crippen LogP contribution in [0.4, 0.5) is 0 Å². The van der Waals surface area contributed by atoms with Crippen LogP contribution in [0, 0.1) is 6.92 Å². The molecule has 1 heterocycles. The van der Waals surface area contributed by atoms with Crippen LogP contribution in [0.25, 0.3) is 11.1 Å². The van der Waals surface area contributed by atoms with Gasteiger partial charge < -0.3 is 5.73 Å². The van der Waals surface area contributed by atoms with E-state index in [1.165, 1.54) is 27.8 Å². The highest BCUT2D eigenvalue weighted by molar-refractivity contribution is 7.08. The lowest BCUT2D eigenvalue weighted by atomic mass is 9.94. The first-order valence-electron chi connectivity index (χ1n) is 7.64. The molecule has 2 aromatic carbocycles. The molecule has 0 spiro atoms. The zero-order valence-electron chi connectivity index (χ0n) is 12.8. The van der Waals surface area contributed by atoms with E-state index in [9.17, 15) is 0 Å². The molecule has 22 heavy (non-hydrogen) atoms. The monoisotopic (exact) mass is 307 g/mol. The van der Waals surface area contributed by atoms with E-state index in [-0.39, 0.29) is 6.04 Å². The minimum absolute atomic E-state index is 0.153. The summed E-state index contributed by atoms with van der Waals surface area (Å²) in [6, 6.07) is 19.2. The Hall–Kier alpha value is -1.90. The number of benzene rings is 2. The maximum absolute atomic E-state index is 6.39. The van der Waals surface area contributed by atoms with Gasteiger partial charge in [0, 0.05) is 6.04 Å². The Bertz CT molecular complexity index is 730. The SMILES string of the molecule is Cc1ccccc1-c1cscc1CC(N)Cc1ccccc1. The zero-order chi connectivity index (χ0) is 15.4. The smallest absolute Gasteiger partial charge is 0.0120 e. The number of nitrogens with two attached hydrogens (primary N) is 1. The molecular weight excluding hydrogens is 286 g/mol. The lowest BCUT2D eigenvalue weighted by molar-refractivity contribution is 0.667. The highest BCUT2D eigenvalue weighted by Gasteiger charge is 2.12. The third-order valence-electron chi connectivity index (χ3n) is 4.00. The van der Waals surface area contributed by atoms with E-state index in [1.807, 2.05) is 6.07 Å². The summed E-state index contributed by atoms with van der Waals surface area (Å²) >= 11 is 1.76. The van der Waals surface area contributed by atoms with Gasteiger partial charge in [-0.25, -0.2) is 0 Å². The van der Waals surface area contributed by atoms with E-state index in [1.54, 1.807) is 11.3 Å². The van der Waals surface area contributed by atoms with Crippen molar-refractivity contribution in [2.45, 2.75) is 25.8 Å². The molecule has 0 amide bonds. The summed E-state index contributed by atoms with van der Waals surface area (Å²) in [5.41, 5.74) is 13.0. The quantitative estimate of drug-likeness (QED) is 0.717. The van der Waals surface area contributed by atoms with Gasteiger partial charge in [-0.05, 0) is 58.3 Å². The predicted octanol–water partition coefficient (Wildman–Crippen LogP) is 4.84. The highest BCUT2D eigenvalue weighted by atomic mass is 32.1. The lowest BCUT2D eigenvalue weighted by Crippen LogP contribution is -2.25. The Balaban J connectivity index is 1.77. The molecule has 0 saturated heterocycles. The van der Waals surface area contributed by atoms with Gasteiger partial charge in [-0.2, -0.15) is 11.3 Å². The lowest BCUT2D eigenvalue weighted by Gasteiger charge is -2.13. The Morgan fingerprint density at radius 2 is 1.59 bits per heavy atom. The molecule has 2 N–H and O–H groups in total. The number of hydrogen-bond acceptors (Lipinski definition) is 2. The van der Waals surface area contributed by atoms with E-state index < -0.39 is 0 Å². The van der Waals surface area contributed by atoms with Crippen LogP contribution in [-0.4, -0.2) is 6.04 Å². The molecule has 1 aromatic heterocycles. The van der Waals surface area contributed by atoms with Crippen LogP contribution in [0.2, 0.25) is 0 Å². The van der Waals surface area contributed by atoms with Gasteiger partial charge in [0.15, 0.2) is 0 Å². The molecule has 3 rings (SSSR count). The standard InChI is InChI=1S/C20H21NS/c1-15-7-5-6-10-19(15)20-14-22-13-17(20)12-18(21)11-16-8-3-2-4-9-16/h2-10,13-14,18H,11-12,21H2,1H3. The fourth-order valence-electron chi connectivity index (χ4n) is 2.86. The second-order valence-corrected chi connectivity index (χ2v) is 6.52. The van der Waals surface area contributed by atoms with Crippen LogP contribution in [0.15, 0.2) is 65.4 Å². The molecule has 2 heteroatoms. The number of hydrogen-bond donors (Lipinski definition) is 1. The largest absolute Gasteiger partial charge is 0.327 e.